The Bertz CT molecular complexity index is 547. The molecule has 0 saturated carbocycles. The molecule has 4 nitrogen and oxygen atoms in total. The van der Waals surface area contributed by atoms with E-state index in [1.54, 1.807) is 37.3 Å². The van der Waals surface area contributed by atoms with E-state index in [1.807, 2.05) is 6.92 Å². The van der Waals surface area contributed by atoms with Crippen LogP contribution in [-0.2, 0) is 14.7 Å². The molecule has 0 N–H and O–H groups in total. The summed E-state index contributed by atoms with van der Waals surface area (Å²) >= 11 is 0. The van der Waals surface area contributed by atoms with Crippen LogP contribution in [0.5, 0.6) is 0 Å². The third-order valence-corrected chi connectivity index (χ3v) is 4.39. The molecule has 0 spiro atoms. The number of hydrogen-bond donors (Lipinski definition) is 0. The van der Waals surface area contributed by atoms with Crippen molar-refractivity contribution in [2.75, 3.05) is 12.4 Å². The molecule has 0 bridgehead atoms. The van der Waals surface area contributed by atoms with Crippen molar-refractivity contribution in [2.24, 2.45) is 5.16 Å². The van der Waals surface area contributed by atoms with E-state index < -0.39 is 9.84 Å². The van der Waals surface area contributed by atoms with Gasteiger partial charge in [-0.2, -0.15) is 0 Å². The normalized spacial score (nSPS) is 12.2. The minimum Gasteiger partial charge on any atom is -0.396 e. The Morgan fingerprint density at radius 2 is 1.89 bits per heavy atom. The van der Waals surface area contributed by atoms with Crippen LogP contribution in [0.15, 0.2) is 52.5 Å². The third-order valence-electron chi connectivity index (χ3n) is 2.57. The Hall–Kier alpha value is -1.62. The van der Waals surface area contributed by atoms with E-state index >= 15 is 0 Å². The van der Waals surface area contributed by atoms with Gasteiger partial charge in [-0.05, 0) is 38.0 Å². The zero-order valence-electron chi connectivity index (χ0n) is 11.3. The first-order chi connectivity index (χ1) is 8.93. The lowest BCUT2D eigenvalue weighted by Crippen LogP contribution is -2.08. The van der Waals surface area contributed by atoms with Gasteiger partial charge < -0.3 is 4.84 Å². The molecular weight excluding hydrogens is 262 g/mol. The second-order valence-corrected chi connectivity index (χ2v) is 6.38. The SMILES string of the molecule is C=C(C)/C(C)=N/OCCCS(=O)(=O)c1ccccc1. The molecule has 0 atom stereocenters. The second-order valence-electron chi connectivity index (χ2n) is 4.28. The fraction of sp³-hybridized carbons (Fsp3) is 0.357. The summed E-state index contributed by atoms with van der Waals surface area (Å²) in [5.74, 6) is 0.0542. The van der Waals surface area contributed by atoms with Gasteiger partial charge >= 0.3 is 0 Å². The maximum Gasteiger partial charge on any atom is 0.178 e. The molecule has 1 rings (SSSR count). The van der Waals surface area contributed by atoms with E-state index in [0.29, 0.717) is 17.0 Å². The molecule has 0 radical (unpaired) electrons. The lowest BCUT2D eigenvalue weighted by atomic mass is 10.2. The lowest BCUT2D eigenvalue weighted by Gasteiger charge is -2.04. The maximum atomic E-state index is 11.9. The molecule has 0 aliphatic rings. The zero-order chi connectivity index (χ0) is 14.3. The number of hydrogen-bond acceptors (Lipinski definition) is 4. The van der Waals surface area contributed by atoms with Gasteiger partial charge in [0.2, 0.25) is 0 Å². The minimum atomic E-state index is -3.22. The summed E-state index contributed by atoms with van der Waals surface area (Å²) in [6.07, 6.45) is 0.407. The number of benzene rings is 1. The molecule has 0 saturated heterocycles. The molecule has 0 aromatic heterocycles. The average molecular weight is 281 g/mol. The quantitative estimate of drug-likeness (QED) is 0.439. The molecule has 0 unspecified atom stereocenters. The minimum absolute atomic E-state index is 0.0542. The van der Waals surface area contributed by atoms with Gasteiger partial charge in [0.1, 0.15) is 6.61 Å². The number of rotatable bonds is 7. The molecule has 0 amide bonds. The Morgan fingerprint density at radius 1 is 1.26 bits per heavy atom. The highest BCUT2D eigenvalue weighted by Crippen LogP contribution is 2.11. The van der Waals surface area contributed by atoms with Crippen LogP contribution in [0.2, 0.25) is 0 Å². The van der Waals surface area contributed by atoms with Gasteiger partial charge in [-0.15, -0.1) is 0 Å². The number of oxime groups is 1. The fourth-order valence-corrected chi connectivity index (χ4v) is 2.58. The standard InChI is InChI=1S/C14H19NO3S/c1-12(2)13(3)15-18-10-7-11-19(16,17)14-8-5-4-6-9-14/h4-6,8-9H,1,7,10-11H2,2-3H3/b15-13+. The van der Waals surface area contributed by atoms with Crippen LogP contribution in [0.25, 0.3) is 0 Å². The smallest absolute Gasteiger partial charge is 0.178 e. The van der Waals surface area contributed by atoms with Crippen molar-refractivity contribution < 1.29 is 13.3 Å². The van der Waals surface area contributed by atoms with Crippen LogP contribution in [0, 0.1) is 0 Å². The number of nitrogens with zero attached hydrogens (tertiary/aromatic N) is 1. The Kier molecular flexibility index (Phi) is 5.76. The van der Waals surface area contributed by atoms with Crippen molar-refractivity contribution in [3.8, 4) is 0 Å². The van der Waals surface area contributed by atoms with Crippen molar-refractivity contribution in [2.45, 2.75) is 25.2 Å². The van der Waals surface area contributed by atoms with E-state index in [9.17, 15) is 8.42 Å². The van der Waals surface area contributed by atoms with Crippen LogP contribution in [0.1, 0.15) is 20.3 Å². The van der Waals surface area contributed by atoms with Crippen molar-refractivity contribution in [1.82, 2.24) is 0 Å². The largest absolute Gasteiger partial charge is 0.396 e. The number of allylic oxidation sites excluding steroid dienone is 1. The highest BCUT2D eigenvalue weighted by molar-refractivity contribution is 7.91. The Labute approximate surface area is 114 Å². The van der Waals surface area contributed by atoms with Crippen LogP contribution in [0.4, 0.5) is 0 Å². The van der Waals surface area contributed by atoms with E-state index in [4.69, 9.17) is 4.84 Å². The summed E-state index contributed by atoms with van der Waals surface area (Å²) in [6, 6.07) is 8.41. The molecule has 1 aromatic rings. The van der Waals surface area contributed by atoms with Crippen molar-refractivity contribution >= 4 is 15.5 Å². The summed E-state index contributed by atoms with van der Waals surface area (Å²) in [4.78, 5) is 5.39. The van der Waals surface area contributed by atoms with Gasteiger partial charge in [0.05, 0.1) is 16.4 Å². The first kappa shape index (κ1) is 15.4. The Morgan fingerprint density at radius 3 is 2.47 bits per heavy atom. The highest BCUT2D eigenvalue weighted by atomic mass is 32.2. The molecule has 0 fully saturated rings. The summed E-state index contributed by atoms with van der Waals surface area (Å²) in [7, 11) is -3.22. The van der Waals surface area contributed by atoms with Crippen molar-refractivity contribution in [3.63, 3.8) is 0 Å². The Balaban J connectivity index is 2.42. The van der Waals surface area contributed by atoms with Gasteiger partial charge in [-0.1, -0.05) is 29.9 Å². The topological polar surface area (TPSA) is 55.7 Å². The van der Waals surface area contributed by atoms with Gasteiger partial charge in [-0.25, -0.2) is 8.42 Å². The van der Waals surface area contributed by atoms with Crippen LogP contribution >= 0.6 is 0 Å². The fourth-order valence-electron chi connectivity index (χ4n) is 1.28. The second kappa shape index (κ2) is 7.09. The maximum absolute atomic E-state index is 11.9. The van der Waals surface area contributed by atoms with Crippen LogP contribution in [-0.4, -0.2) is 26.5 Å². The van der Waals surface area contributed by atoms with E-state index in [0.717, 1.165) is 5.57 Å². The van der Waals surface area contributed by atoms with Gasteiger partial charge in [0.15, 0.2) is 9.84 Å². The van der Waals surface area contributed by atoms with E-state index in [-0.39, 0.29) is 12.4 Å². The van der Waals surface area contributed by atoms with Gasteiger partial charge in [0, 0.05) is 0 Å². The molecule has 0 heterocycles. The van der Waals surface area contributed by atoms with E-state index in [1.165, 1.54) is 0 Å². The average Bonchev–Trinajstić information content (AvgIpc) is 2.39. The van der Waals surface area contributed by atoms with Gasteiger partial charge in [0.25, 0.3) is 0 Å². The van der Waals surface area contributed by atoms with Gasteiger partial charge in [-0.3, -0.25) is 0 Å². The molecular formula is C14H19NO3S. The lowest BCUT2D eigenvalue weighted by molar-refractivity contribution is 0.145. The van der Waals surface area contributed by atoms with Crippen LogP contribution in [0.3, 0.4) is 0 Å². The monoisotopic (exact) mass is 281 g/mol. The van der Waals surface area contributed by atoms with E-state index in [2.05, 4.69) is 11.7 Å². The predicted octanol–water partition coefficient (Wildman–Crippen LogP) is 2.82. The molecule has 104 valence electrons. The number of sulfone groups is 1. The predicted molar refractivity (Wildman–Crippen MR) is 77.0 cm³/mol. The van der Waals surface area contributed by atoms with Crippen LogP contribution < -0.4 is 0 Å². The van der Waals surface area contributed by atoms with Crippen molar-refractivity contribution in [1.29, 1.82) is 0 Å². The third kappa shape index (κ3) is 5.26. The highest BCUT2D eigenvalue weighted by Gasteiger charge is 2.12. The summed E-state index contributed by atoms with van der Waals surface area (Å²) in [5.41, 5.74) is 1.54. The summed E-state index contributed by atoms with van der Waals surface area (Å²) in [5, 5.41) is 3.84. The first-order valence-corrected chi connectivity index (χ1v) is 7.69. The molecule has 0 aliphatic carbocycles. The summed E-state index contributed by atoms with van der Waals surface area (Å²) < 4.78 is 23.9. The first-order valence-electron chi connectivity index (χ1n) is 6.04. The zero-order valence-corrected chi connectivity index (χ0v) is 12.1. The molecule has 1 aromatic carbocycles. The summed E-state index contributed by atoms with van der Waals surface area (Å²) in [6.45, 7) is 7.63. The van der Waals surface area contributed by atoms with Crippen molar-refractivity contribution in [3.05, 3.63) is 42.5 Å². The molecule has 19 heavy (non-hydrogen) atoms. The molecule has 5 heteroatoms. The molecule has 0 aliphatic heterocycles.